The number of nitrogens with zero attached hydrogens (tertiary/aromatic N) is 3. The van der Waals surface area contributed by atoms with Crippen LogP contribution in [0.15, 0.2) is 29.6 Å². The standard InChI is InChI=1S/C23H28N4O4S/c1-15-24-19(14-32-15)20(28)26-11-9-17(10-12-26)23(2)21(29)27(22(30)25-23)13-8-16-4-6-18(31-3)7-5-16/h4-7,14,17H,8-13H2,1-3H3,(H,25,30). The molecule has 2 aliphatic rings. The molecule has 170 valence electrons. The number of likely N-dealkylation sites (tertiary alicyclic amines) is 1. The predicted octanol–water partition coefficient (Wildman–Crippen LogP) is 2.87. The molecule has 9 heteroatoms. The largest absolute Gasteiger partial charge is 0.497 e. The van der Waals surface area contributed by atoms with Gasteiger partial charge >= 0.3 is 6.03 Å². The van der Waals surface area contributed by atoms with Crippen molar-refractivity contribution in [1.29, 1.82) is 0 Å². The number of hydrogen-bond donors (Lipinski definition) is 1. The molecule has 4 amide bonds. The lowest BCUT2D eigenvalue weighted by Crippen LogP contribution is -2.54. The molecule has 1 aromatic heterocycles. The molecule has 0 aliphatic carbocycles. The first-order valence-corrected chi connectivity index (χ1v) is 11.7. The van der Waals surface area contributed by atoms with Crippen molar-refractivity contribution in [3.05, 3.63) is 45.9 Å². The van der Waals surface area contributed by atoms with E-state index in [2.05, 4.69) is 10.3 Å². The third kappa shape index (κ3) is 4.21. The predicted molar refractivity (Wildman–Crippen MR) is 121 cm³/mol. The molecule has 32 heavy (non-hydrogen) atoms. The summed E-state index contributed by atoms with van der Waals surface area (Å²) < 4.78 is 5.17. The highest BCUT2D eigenvalue weighted by atomic mass is 32.1. The number of ether oxygens (including phenoxy) is 1. The van der Waals surface area contributed by atoms with Crippen LogP contribution in [0.3, 0.4) is 0 Å². The Morgan fingerprint density at radius 1 is 1.25 bits per heavy atom. The number of aromatic nitrogens is 1. The SMILES string of the molecule is COc1ccc(CCN2C(=O)NC(C)(C3CCN(C(=O)c4csc(C)n4)CC3)C2=O)cc1. The molecule has 0 spiro atoms. The van der Waals surface area contributed by atoms with E-state index in [9.17, 15) is 14.4 Å². The molecule has 2 saturated heterocycles. The van der Waals surface area contributed by atoms with Crippen LogP contribution in [-0.4, -0.2) is 64.9 Å². The fourth-order valence-corrected chi connectivity index (χ4v) is 5.10. The van der Waals surface area contributed by atoms with E-state index in [-0.39, 0.29) is 23.8 Å². The van der Waals surface area contributed by atoms with Crippen molar-refractivity contribution in [2.45, 2.75) is 38.6 Å². The molecule has 8 nitrogen and oxygen atoms in total. The molecule has 0 radical (unpaired) electrons. The van der Waals surface area contributed by atoms with Crippen LogP contribution in [0, 0.1) is 12.8 Å². The second kappa shape index (κ2) is 8.90. The Labute approximate surface area is 191 Å². The normalized spacial score (nSPS) is 21.7. The van der Waals surface area contributed by atoms with Gasteiger partial charge in [-0.3, -0.25) is 14.5 Å². The van der Waals surface area contributed by atoms with Gasteiger partial charge in [0, 0.05) is 25.0 Å². The van der Waals surface area contributed by atoms with Gasteiger partial charge in [-0.25, -0.2) is 9.78 Å². The summed E-state index contributed by atoms with van der Waals surface area (Å²) in [5.41, 5.74) is 0.569. The van der Waals surface area contributed by atoms with Crippen LogP contribution in [0.25, 0.3) is 0 Å². The maximum Gasteiger partial charge on any atom is 0.325 e. The zero-order valence-corrected chi connectivity index (χ0v) is 19.4. The maximum atomic E-state index is 13.2. The van der Waals surface area contributed by atoms with E-state index in [1.165, 1.54) is 16.2 Å². The van der Waals surface area contributed by atoms with Crippen molar-refractivity contribution in [2.75, 3.05) is 26.7 Å². The number of carbonyl (C=O) groups is 3. The average molecular weight is 457 g/mol. The number of urea groups is 1. The van der Waals surface area contributed by atoms with Gasteiger partial charge in [0.15, 0.2) is 0 Å². The lowest BCUT2D eigenvalue weighted by atomic mass is 9.79. The van der Waals surface area contributed by atoms with Gasteiger partial charge in [0.25, 0.3) is 11.8 Å². The summed E-state index contributed by atoms with van der Waals surface area (Å²) in [6.07, 6.45) is 1.90. The van der Waals surface area contributed by atoms with Gasteiger partial charge in [0.1, 0.15) is 17.0 Å². The Hall–Kier alpha value is -2.94. The molecular formula is C23H28N4O4S. The number of methoxy groups -OCH3 is 1. The summed E-state index contributed by atoms with van der Waals surface area (Å²) in [5, 5.41) is 5.59. The fraction of sp³-hybridized carbons (Fsp3) is 0.478. The third-order valence-corrected chi connectivity index (χ3v) is 7.29. The fourth-order valence-electron chi connectivity index (χ4n) is 4.51. The number of amides is 4. The summed E-state index contributed by atoms with van der Waals surface area (Å²) in [4.78, 5) is 45.9. The van der Waals surface area contributed by atoms with Gasteiger partial charge < -0.3 is 15.0 Å². The van der Waals surface area contributed by atoms with Crippen molar-refractivity contribution in [2.24, 2.45) is 5.92 Å². The number of hydrogen-bond acceptors (Lipinski definition) is 6. The molecule has 1 N–H and O–H groups in total. The monoisotopic (exact) mass is 456 g/mol. The minimum absolute atomic E-state index is 0.0221. The average Bonchev–Trinajstić information content (AvgIpc) is 3.33. The van der Waals surface area contributed by atoms with Crippen LogP contribution in [0.1, 0.15) is 40.8 Å². The number of carbonyl (C=O) groups excluding carboxylic acids is 3. The Bertz CT molecular complexity index is 1010. The molecule has 1 atom stereocenters. The van der Waals surface area contributed by atoms with Gasteiger partial charge in [-0.1, -0.05) is 12.1 Å². The minimum Gasteiger partial charge on any atom is -0.497 e. The third-order valence-electron chi connectivity index (χ3n) is 6.52. The molecule has 2 aliphatic heterocycles. The van der Waals surface area contributed by atoms with Crippen LogP contribution in [0.2, 0.25) is 0 Å². The first-order chi connectivity index (χ1) is 15.3. The molecular weight excluding hydrogens is 428 g/mol. The van der Waals surface area contributed by atoms with E-state index in [1.807, 2.05) is 38.1 Å². The Morgan fingerprint density at radius 2 is 1.94 bits per heavy atom. The number of piperidine rings is 1. The summed E-state index contributed by atoms with van der Waals surface area (Å²) in [6, 6.07) is 7.27. The lowest BCUT2D eigenvalue weighted by molar-refractivity contribution is -0.133. The van der Waals surface area contributed by atoms with Crippen molar-refractivity contribution in [3.63, 3.8) is 0 Å². The van der Waals surface area contributed by atoms with E-state index < -0.39 is 5.54 Å². The van der Waals surface area contributed by atoms with E-state index in [0.29, 0.717) is 44.6 Å². The van der Waals surface area contributed by atoms with E-state index in [1.54, 1.807) is 17.4 Å². The molecule has 0 saturated carbocycles. The second-order valence-electron chi connectivity index (χ2n) is 8.51. The summed E-state index contributed by atoms with van der Waals surface area (Å²) in [6.45, 7) is 5.11. The first kappa shape index (κ1) is 22.3. The summed E-state index contributed by atoms with van der Waals surface area (Å²) >= 11 is 1.46. The molecule has 2 aromatic rings. The van der Waals surface area contributed by atoms with E-state index >= 15 is 0 Å². The van der Waals surface area contributed by atoms with Gasteiger partial charge in [-0.15, -0.1) is 11.3 Å². The Morgan fingerprint density at radius 3 is 2.53 bits per heavy atom. The molecule has 1 aromatic carbocycles. The minimum atomic E-state index is -0.941. The number of aryl methyl sites for hydroxylation is 1. The number of thiazole rings is 1. The summed E-state index contributed by atoms with van der Waals surface area (Å²) in [7, 11) is 1.61. The quantitative estimate of drug-likeness (QED) is 0.675. The number of nitrogens with one attached hydrogen (secondary N) is 1. The summed E-state index contributed by atoms with van der Waals surface area (Å²) in [5.74, 6) is 0.494. The van der Waals surface area contributed by atoms with Crippen molar-refractivity contribution >= 4 is 29.2 Å². The molecule has 4 rings (SSSR count). The first-order valence-electron chi connectivity index (χ1n) is 10.8. The van der Waals surface area contributed by atoms with E-state index in [4.69, 9.17) is 4.74 Å². The topological polar surface area (TPSA) is 91.8 Å². The Kier molecular flexibility index (Phi) is 6.19. The lowest BCUT2D eigenvalue weighted by Gasteiger charge is -2.38. The highest BCUT2D eigenvalue weighted by Crippen LogP contribution is 2.34. The van der Waals surface area contributed by atoms with E-state index in [0.717, 1.165) is 16.3 Å². The highest BCUT2D eigenvalue weighted by molar-refractivity contribution is 7.09. The molecule has 0 bridgehead atoms. The smallest absolute Gasteiger partial charge is 0.325 e. The van der Waals surface area contributed by atoms with Crippen LogP contribution in [-0.2, 0) is 11.2 Å². The van der Waals surface area contributed by atoms with Gasteiger partial charge in [0.2, 0.25) is 0 Å². The zero-order chi connectivity index (χ0) is 22.9. The van der Waals surface area contributed by atoms with Gasteiger partial charge in [0.05, 0.1) is 12.1 Å². The van der Waals surface area contributed by atoms with Crippen LogP contribution in [0.4, 0.5) is 4.79 Å². The molecule has 2 fully saturated rings. The van der Waals surface area contributed by atoms with Crippen molar-refractivity contribution in [3.8, 4) is 5.75 Å². The number of imide groups is 1. The highest BCUT2D eigenvalue weighted by Gasteiger charge is 2.52. The Balaban J connectivity index is 1.36. The van der Waals surface area contributed by atoms with Crippen molar-refractivity contribution < 1.29 is 19.1 Å². The number of rotatable bonds is 6. The molecule has 1 unspecified atom stereocenters. The molecule has 3 heterocycles. The number of benzene rings is 1. The van der Waals surface area contributed by atoms with Crippen LogP contribution < -0.4 is 10.1 Å². The van der Waals surface area contributed by atoms with Gasteiger partial charge in [-0.2, -0.15) is 0 Å². The maximum absolute atomic E-state index is 13.2. The second-order valence-corrected chi connectivity index (χ2v) is 9.57. The van der Waals surface area contributed by atoms with Gasteiger partial charge in [-0.05, 0) is 56.7 Å². The van der Waals surface area contributed by atoms with Crippen LogP contribution in [0.5, 0.6) is 5.75 Å². The van der Waals surface area contributed by atoms with Crippen LogP contribution >= 0.6 is 11.3 Å². The zero-order valence-electron chi connectivity index (χ0n) is 18.6. The van der Waals surface area contributed by atoms with Crippen molar-refractivity contribution in [1.82, 2.24) is 20.1 Å².